The molecule has 0 radical (unpaired) electrons. The highest BCUT2D eigenvalue weighted by molar-refractivity contribution is 5.40. The Kier molecular flexibility index (Phi) is 3.48. The maximum Gasteiger partial charge on any atom is 0.186 e. The Balaban J connectivity index is 2.07. The van der Waals surface area contributed by atoms with Gasteiger partial charge < -0.3 is 0 Å². The minimum absolute atomic E-state index is 0.375. The van der Waals surface area contributed by atoms with Gasteiger partial charge in [0.15, 0.2) is 5.69 Å². The molecule has 4 nitrogen and oxygen atoms in total. The fourth-order valence-corrected chi connectivity index (χ4v) is 2.30. The first-order valence-corrected chi connectivity index (χ1v) is 6.73. The molecule has 0 bridgehead atoms. The van der Waals surface area contributed by atoms with Crippen molar-refractivity contribution in [3.8, 4) is 11.8 Å². The molecule has 102 valence electrons. The van der Waals surface area contributed by atoms with Gasteiger partial charge in [0, 0.05) is 6.42 Å². The molecular formula is C17H14N4. The van der Waals surface area contributed by atoms with Gasteiger partial charge >= 0.3 is 0 Å². The predicted octanol–water partition coefficient (Wildman–Crippen LogP) is 3.04. The maximum atomic E-state index is 9.25. The summed E-state index contributed by atoms with van der Waals surface area (Å²) in [6.07, 6.45) is 0.630. The number of aromatic nitrogens is 3. The van der Waals surface area contributed by atoms with E-state index in [2.05, 4.69) is 16.4 Å². The summed E-state index contributed by atoms with van der Waals surface area (Å²) in [5.41, 5.74) is 4.39. The number of benzene rings is 2. The Morgan fingerprint density at radius 2 is 1.90 bits per heavy atom. The first-order valence-electron chi connectivity index (χ1n) is 6.73. The van der Waals surface area contributed by atoms with Crippen molar-refractivity contribution in [2.75, 3.05) is 0 Å². The van der Waals surface area contributed by atoms with Gasteiger partial charge in [0.25, 0.3) is 0 Å². The van der Waals surface area contributed by atoms with Gasteiger partial charge in [0.1, 0.15) is 6.07 Å². The van der Waals surface area contributed by atoms with Crippen LogP contribution in [-0.4, -0.2) is 15.0 Å². The molecule has 1 heterocycles. The van der Waals surface area contributed by atoms with Crippen LogP contribution in [-0.2, 0) is 6.42 Å². The molecule has 2 aromatic carbocycles. The van der Waals surface area contributed by atoms with Crippen molar-refractivity contribution in [2.24, 2.45) is 0 Å². The molecular weight excluding hydrogens is 260 g/mol. The minimum Gasteiger partial charge on any atom is -0.216 e. The first-order chi connectivity index (χ1) is 10.3. The zero-order valence-corrected chi connectivity index (χ0v) is 11.7. The Hall–Kier alpha value is -2.93. The van der Waals surface area contributed by atoms with Gasteiger partial charge in [-0.05, 0) is 30.2 Å². The van der Waals surface area contributed by atoms with E-state index in [0.29, 0.717) is 12.1 Å². The van der Waals surface area contributed by atoms with Crippen LogP contribution in [0.25, 0.3) is 5.69 Å². The van der Waals surface area contributed by atoms with Crippen molar-refractivity contribution in [1.82, 2.24) is 15.0 Å². The van der Waals surface area contributed by atoms with E-state index in [9.17, 15) is 5.26 Å². The van der Waals surface area contributed by atoms with Gasteiger partial charge in [0.05, 0.1) is 11.4 Å². The highest BCUT2D eigenvalue weighted by atomic mass is 15.4. The van der Waals surface area contributed by atoms with Gasteiger partial charge in [-0.3, -0.25) is 0 Å². The summed E-state index contributed by atoms with van der Waals surface area (Å²) < 4.78 is 1.75. The summed E-state index contributed by atoms with van der Waals surface area (Å²) in [7, 11) is 0. The second-order valence-electron chi connectivity index (χ2n) is 4.91. The van der Waals surface area contributed by atoms with Gasteiger partial charge in [-0.25, -0.2) is 4.68 Å². The van der Waals surface area contributed by atoms with Crippen LogP contribution in [0.1, 0.15) is 22.5 Å². The van der Waals surface area contributed by atoms with Gasteiger partial charge in [-0.2, -0.15) is 5.26 Å². The van der Waals surface area contributed by atoms with Crippen molar-refractivity contribution in [1.29, 1.82) is 5.26 Å². The molecule has 0 saturated carbocycles. The Labute approximate surface area is 123 Å². The number of nitrogens with zero attached hydrogens (tertiary/aromatic N) is 4. The summed E-state index contributed by atoms with van der Waals surface area (Å²) in [4.78, 5) is 0. The lowest BCUT2D eigenvalue weighted by atomic mass is 10.1. The Morgan fingerprint density at radius 3 is 2.62 bits per heavy atom. The van der Waals surface area contributed by atoms with Crippen LogP contribution >= 0.6 is 0 Å². The lowest BCUT2D eigenvalue weighted by Gasteiger charge is -2.07. The highest BCUT2D eigenvalue weighted by Crippen LogP contribution is 2.17. The van der Waals surface area contributed by atoms with E-state index < -0.39 is 0 Å². The van der Waals surface area contributed by atoms with E-state index in [4.69, 9.17) is 0 Å². The number of aryl methyl sites for hydroxylation is 1. The van der Waals surface area contributed by atoms with E-state index in [-0.39, 0.29) is 0 Å². The molecule has 0 aliphatic carbocycles. The third-order valence-corrected chi connectivity index (χ3v) is 3.33. The van der Waals surface area contributed by atoms with E-state index in [0.717, 1.165) is 22.5 Å². The molecule has 0 amide bonds. The van der Waals surface area contributed by atoms with Crippen LogP contribution in [0.4, 0.5) is 0 Å². The quantitative estimate of drug-likeness (QED) is 0.737. The number of hydrogen-bond acceptors (Lipinski definition) is 3. The largest absolute Gasteiger partial charge is 0.216 e. The second kappa shape index (κ2) is 5.59. The molecule has 1 aromatic heterocycles. The monoisotopic (exact) mass is 274 g/mol. The molecule has 0 aliphatic rings. The summed E-state index contributed by atoms with van der Waals surface area (Å²) >= 11 is 0. The summed E-state index contributed by atoms with van der Waals surface area (Å²) in [5.74, 6) is 0. The van der Waals surface area contributed by atoms with Gasteiger partial charge in [0.2, 0.25) is 0 Å². The summed E-state index contributed by atoms with van der Waals surface area (Å²) in [5, 5.41) is 17.4. The van der Waals surface area contributed by atoms with Crippen molar-refractivity contribution in [3.63, 3.8) is 0 Å². The molecule has 3 rings (SSSR count). The fourth-order valence-electron chi connectivity index (χ4n) is 2.30. The molecule has 0 atom stereocenters. The van der Waals surface area contributed by atoms with Crippen molar-refractivity contribution in [2.45, 2.75) is 13.3 Å². The third kappa shape index (κ3) is 2.67. The topological polar surface area (TPSA) is 54.5 Å². The Morgan fingerprint density at radius 1 is 1.10 bits per heavy atom. The third-order valence-electron chi connectivity index (χ3n) is 3.33. The maximum absolute atomic E-state index is 9.25. The summed E-state index contributed by atoms with van der Waals surface area (Å²) in [6.45, 7) is 2.03. The molecule has 0 spiro atoms. The lowest BCUT2D eigenvalue weighted by molar-refractivity contribution is 0.772. The van der Waals surface area contributed by atoms with Crippen LogP contribution in [0.15, 0.2) is 54.6 Å². The molecule has 21 heavy (non-hydrogen) atoms. The normalized spacial score (nSPS) is 10.3. The van der Waals surface area contributed by atoms with E-state index in [1.54, 1.807) is 4.68 Å². The lowest BCUT2D eigenvalue weighted by Crippen LogP contribution is -2.04. The van der Waals surface area contributed by atoms with Gasteiger partial charge in [-0.15, -0.1) is 5.10 Å². The van der Waals surface area contributed by atoms with Crippen LogP contribution < -0.4 is 0 Å². The summed E-state index contributed by atoms with van der Waals surface area (Å²) in [6, 6.07) is 20.2. The molecule has 0 N–H and O–H groups in total. The standard InChI is InChI=1S/C17H14N4/c1-13-6-5-9-15(10-13)21-17(16(12-18)19-20-21)11-14-7-3-2-4-8-14/h2-10H,11H2,1H3. The Bertz CT molecular complexity index is 797. The SMILES string of the molecule is Cc1cccc(-n2nnc(C#N)c2Cc2ccccc2)c1. The average Bonchev–Trinajstić information content (AvgIpc) is 2.91. The predicted molar refractivity (Wildman–Crippen MR) is 80.1 cm³/mol. The molecule has 3 aromatic rings. The molecule has 4 heteroatoms. The average molecular weight is 274 g/mol. The number of rotatable bonds is 3. The van der Waals surface area contributed by atoms with Crippen molar-refractivity contribution >= 4 is 0 Å². The highest BCUT2D eigenvalue weighted by Gasteiger charge is 2.14. The molecule has 0 unspecified atom stereocenters. The van der Waals surface area contributed by atoms with Gasteiger partial charge in [-0.1, -0.05) is 47.7 Å². The van der Waals surface area contributed by atoms with Crippen LogP contribution in [0.5, 0.6) is 0 Å². The fraction of sp³-hybridized carbons (Fsp3) is 0.118. The number of hydrogen-bond donors (Lipinski definition) is 0. The van der Waals surface area contributed by atoms with Crippen LogP contribution in [0.3, 0.4) is 0 Å². The first kappa shape index (κ1) is 13.1. The number of nitriles is 1. The smallest absolute Gasteiger partial charge is 0.186 e. The zero-order chi connectivity index (χ0) is 14.7. The minimum atomic E-state index is 0.375. The van der Waals surface area contributed by atoms with Crippen molar-refractivity contribution < 1.29 is 0 Å². The molecule has 0 fully saturated rings. The van der Waals surface area contributed by atoms with E-state index in [1.807, 2.05) is 61.5 Å². The second-order valence-corrected chi connectivity index (χ2v) is 4.91. The van der Waals surface area contributed by atoms with Crippen molar-refractivity contribution in [3.05, 3.63) is 77.1 Å². The van der Waals surface area contributed by atoms with E-state index in [1.165, 1.54) is 0 Å². The zero-order valence-electron chi connectivity index (χ0n) is 11.7. The van der Waals surface area contributed by atoms with E-state index >= 15 is 0 Å². The van der Waals surface area contributed by atoms with Crippen LogP contribution in [0, 0.1) is 18.3 Å². The molecule has 0 aliphatic heterocycles. The van der Waals surface area contributed by atoms with Crippen LogP contribution in [0.2, 0.25) is 0 Å². The molecule has 0 saturated heterocycles.